The highest BCUT2D eigenvalue weighted by Crippen LogP contribution is 2.57. The highest BCUT2D eigenvalue weighted by atomic mass is 15.3. The van der Waals surface area contributed by atoms with Gasteiger partial charge in [0.25, 0.3) is 0 Å². The molecule has 0 atom stereocenters. The van der Waals surface area contributed by atoms with Gasteiger partial charge in [-0.25, -0.2) is 4.98 Å². The molecule has 2 heteroatoms. The number of hydrogen-bond donors (Lipinski definition) is 0. The molecule has 2 aromatic rings. The third-order valence-electron chi connectivity index (χ3n) is 10.6. The molecule has 1 aromatic carbocycles. The summed E-state index contributed by atoms with van der Waals surface area (Å²) in [6.07, 6.45) is 0. The maximum Gasteiger partial charge on any atom is 0.132 e. The zero-order chi connectivity index (χ0) is 25.6. The van der Waals surface area contributed by atoms with Gasteiger partial charge in [0.1, 0.15) is 5.82 Å². The Kier molecular flexibility index (Phi) is 5.73. The number of nitrogens with zero attached hydrogens (tertiary/aromatic N) is 2. The molecule has 1 aliphatic heterocycles. The largest absolute Gasteiger partial charge is 0.344 e. The van der Waals surface area contributed by atoms with Crippen molar-refractivity contribution in [3.8, 4) is 0 Å². The van der Waals surface area contributed by atoms with E-state index in [1.807, 2.05) is 0 Å². The van der Waals surface area contributed by atoms with Gasteiger partial charge in [-0.1, -0.05) is 27.7 Å². The van der Waals surface area contributed by atoms with Crippen LogP contribution in [0.25, 0.3) is 0 Å². The Morgan fingerprint density at radius 1 is 0.455 bits per heavy atom. The molecule has 2 heterocycles. The SMILES string of the molecule is Cc1nc(N2C(C)(C)C(C)(C)c3c(C)c(C)c(C)c(C)c3C(C)(C)C2(C)C)c(C)c(C)c1C. The van der Waals surface area contributed by atoms with Gasteiger partial charge in [-0.15, -0.1) is 0 Å². The minimum Gasteiger partial charge on any atom is -0.344 e. The first-order valence-corrected chi connectivity index (χ1v) is 12.6. The minimum atomic E-state index is -0.177. The predicted molar refractivity (Wildman–Crippen MR) is 145 cm³/mol. The van der Waals surface area contributed by atoms with Crippen molar-refractivity contribution in [1.29, 1.82) is 0 Å². The Bertz CT molecular complexity index is 1080. The fourth-order valence-electron chi connectivity index (χ4n) is 6.54. The van der Waals surface area contributed by atoms with E-state index in [9.17, 15) is 0 Å². The molecule has 0 saturated carbocycles. The van der Waals surface area contributed by atoms with Crippen molar-refractivity contribution in [3.05, 3.63) is 55.8 Å². The monoisotopic (exact) mass is 448 g/mol. The van der Waals surface area contributed by atoms with Crippen LogP contribution in [0.15, 0.2) is 0 Å². The van der Waals surface area contributed by atoms with E-state index in [0.29, 0.717) is 0 Å². The standard InChI is InChI=1S/C31H48N2/c1-17-18(2)22(6)26-25(21(17)5)28(9,10)30(13,14)33(31(15,16)29(26,11)12)27-23(7)19(3)20(4)24(8)32-27/h1-16H3. The van der Waals surface area contributed by atoms with Gasteiger partial charge in [0.05, 0.1) is 0 Å². The summed E-state index contributed by atoms with van der Waals surface area (Å²) in [4.78, 5) is 7.98. The van der Waals surface area contributed by atoms with Crippen molar-refractivity contribution >= 4 is 5.82 Å². The fourth-order valence-corrected chi connectivity index (χ4v) is 6.54. The Balaban J connectivity index is 2.59. The lowest BCUT2D eigenvalue weighted by molar-refractivity contribution is 0.200. The lowest BCUT2D eigenvalue weighted by Gasteiger charge is -2.58. The molecule has 0 fully saturated rings. The zero-order valence-corrected chi connectivity index (χ0v) is 24.4. The summed E-state index contributed by atoms with van der Waals surface area (Å²) in [6, 6.07) is 0. The van der Waals surface area contributed by atoms with Crippen molar-refractivity contribution in [2.75, 3.05) is 4.90 Å². The number of rotatable bonds is 1. The van der Waals surface area contributed by atoms with Crippen LogP contribution < -0.4 is 4.90 Å². The van der Waals surface area contributed by atoms with Gasteiger partial charge in [-0.05, 0) is 133 Å². The van der Waals surface area contributed by atoms with Crippen LogP contribution in [0.2, 0.25) is 0 Å². The Morgan fingerprint density at radius 3 is 1.15 bits per heavy atom. The number of aromatic nitrogens is 1. The summed E-state index contributed by atoms with van der Waals surface area (Å²) in [5, 5.41) is 0. The molecule has 3 rings (SSSR count). The summed E-state index contributed by atoms with van der Waals surface area (Å²) in [6.45, 7) is 37.8. The molecule has 0 amide bonds. The normalized spacial score (nSPS) is 20.4. The number of anilines is 1. The molecular weight excluding hydrogens is 400 g/mol. The van der Waals surface area contributed by atoms with E-state index < -0.39 is 0 Å². The van der Waals surface area contributed by atoms with Gasteiger partial charge in [-0.3, -0.25) is 0 Å². The topological polar surface area (TPSA) is 16.1 Å². The molecular formula is C31H48N2. The van der Waals surface area contributed by atoms with Crippen LogP contribution in [0.3, 0.4) is 0 Å². The highest BCUT2D eigenvalue weighted by Gasteiger charge is 2.59. The van der Waals surface area contributed by atoms with Crippen LogP contribution in [-0.2, 0) is 10.8 Å². The lowest BCUT2D eigenvalue weighted by atomic mass is 9.62. The van der Waals surface area contributed by atoms with E-state index in [1.54, 1.807) is 0 Å². The van der Waals surface area contributed by atoms with Crippen LogP contribution in [-0.4, -0.2) is 16.1 Å². The van der Waals surface area contributed by atoms with Crippen molar-refractivity contribution in [2.45, 2.75) is 133 Å². The maximum absolute atomic E-state index is 5.29. The van der Waals surface area contributed by atoms with Crippen LogP contribution in [0.1, 0.15) is 111 Å². The zero-order valence-electron chi connectivity index (χ0n) is 24.4. The van der Waals surface area contributed by atoms with E-state index >= 15 is 0 Å². The first-order chi connectivity index (χ1) is 14.8. The van der Waals surface area contributed by atoms with Crippen molar-refractivity contribution in [1.82, 2.24) is 4.98 Å². The van der Waals surface area contributed by atoms with E-state index in [1.165, 1.54) is 50.1 Å². The molecule has 0 aliphatic carbocycles. The number of pyridine rings is 1. The van der Waals surface area contributed by atoms with E-state index in [2.05, 4.69) is 116 Å². The van der Waals surface area contributed by atoms with Gasteiger partial charge in [0, 0.05) is 27.6 Å². The number of fused-ring (bicyclic) bond motifs is 1. The summed E-state index contributed by atoms with van der Waals surface area (Å²) in [7, 11) is 0. The quantitative estimate of drug-likeness (QED) is 0.437. The predicted octanol–water partition coefficient (Wildman–Crippen LogP) is 8.18. The van der Waals surface area contributed by atoms with Crippen LogP contribution in [0.5, 0.6) is 0 Å². The second-order valence-corrected chi connectivity index (χ2v) is 12.8. The third-order valence-corrected chi connectivity index (χ3v) is 10.6. The van der Waals surface area contributed by atoms with Crippen LogP contribution in [0.4, 0.5) is 5.82 Å². The molecule has 2 nitrogen and oxygen atoms in total. The first-order valence-electron chi connectivity index (χ1n) is 12.6. The molecule has 0 spiro atoms. The average molecular weight is 449 g/mol. The summed E-state index contributed by atoms with van der Waals surface area (Å²) in [5.41, 5.74) is 13.4. The lowest BCUT2D eigenvalue weighted by Crippen LogP contribution is -2.66. The average Bonchev–Trinajstić information content (AvgIpc) is 2.71. The molecule has 0 unspecified atom stereocenters. The van der Waals surface area contributed by atoms with Crippen molar-refractivity contribution in [2.24, 2.45) is 0 Å². The number of hydrogen-bond acceptors (Lipinski definition) is 2. The Hall–Kier alpha value is -1.83. The van der Waals surface area contributed by atoms with Gasteiger partial charge in [0.15, 0.2) is 0 Å². The molecule has 33 heavy (non-hydrogen) atoms. The summed E-state index contributed by atoms with van der Waals surface area (Å²) < 4.78 is 0. The van der Waals surface area contributed by atoms with Crippen LogP contribution in [0, 0.1) is 55.4 Å². The van der Waals surface area contributed by atoms with Crippen LogP contribution >= 0.6 is 0 Å². The molecule has 0 bridgehead atoms. The van der Waals surface area contributed by atoms with E-state index in [0.717, 1.165) is 11.5 Å². The molecule has 0 radical (unpaired) electrons. The maximum atomic E-state index is 5.29. The van der Waals surface area contributed by atoms with Gasteiger partial charge >= 0.3 is 0 Å². The molecule has 1 aliphatic rings. The fraction of sp³-hybridized carbons (Fsp3) is 0.645. The second kappa shape index (κ2) is 7.33. The van der Waals surface area contributed by atoms with Crippen molar-refractivity contribution in [3.63, 3.8) is 0 Å². The smallest absolute Gasteiger partial charge is 0.132 e. The summed E-state index contributed by atoms with van der Waals surface area (Å²) >= 11 is 0. The Labute approximate surface area is 204 Å². The molecule has 182 valence electrons. The Morgan fingerprint density at radius 2 is 0.788 bits per heavy atom. The first kappa shape index (κ1) is 25.8. The minimum absolute atomic E-state index is 0.0957. The van der Waals surface area contributed by atoms with E-state index in [4.69, 9.17) is 4.98 Å². The van der Waals surface area contributed by atoms with E-state index in [-0.39, 0.29) is 21.9 Å². The molecule has 0 saturated heterocycles. The number of aryl methyl sites for hydroxylation is 1. The highest BCUT2D eigenvalue weighted by molar-refractivity contribution is 5.65. The van der Waals surface area contributed by atoms with Gasteiger partial charge < -0.3 is 4.90 Å². The third kappa shape index (κ3) is 3.08. The number of benzene rings is 1. The van der Waals surface area contributed by atoms with Crippen molar-refractivity contribution < 1.29 is 0 Å². The summed E-state index contributed by atoms with van der Waals surface area (Å²) in [5.74, 6) is 1.14. The second-order valence-electron chi connectivity index (χ2n) is 12.8. The molecule has 0 N–H and O–H groups in total. The van der Waals surface area contributed by atoms with Gasteiger partial charge in [0.2, 0.25) is 0 Å². The molecule has 1 aromatic heterocycles. The van der Waals surface area contributed by atoms with Gasteiger partial charge in [-0.2, -0.15) is 0 Å².